The van der Waals surface area contributed by atoms with E-state index in [1.807, 2.05) is 6.07 Å². The summed E-state index contributed by atoms with van der Waals surface area (Å²) < 4.78 is 5.53. The smallest absolute Gasteiger partial charge is 0.0992 e. The van der Waals surface area contributed by atoms with Crippen LogP contribution in [0.25, 0.3) is 0 Å². The van der Waals surface area contributed by atoms with Gasteiger partial charge in [-0.3, -0.25) is 0 Å². The lowest BCUT2D eigenvalue weighted by molar-refractivity contribution is 0.111. The lowest BCUT2D eigenvalue weighted by atomic mass is 10.1. The molecule has 0 radical (unpaired) electrons. The highest BCUT2D eigenvalue weighted by Gasteiger charge is 2.21. The van der Waals surface area contributed by atoms with Crippen LogP contribution in [0.15, 0.2) is 18.2 Å². The maximum atomic E-state index is 8.67. The van der Waals surface area contributed by atoms with Gasteiger partial charge in [0.2, 0.25) is 0 Å². The fraction of sp³-hybridized carbons (Fsp3) is 0.417. The molecular formula is C12H12ClNO. The summed E-state index contributed by atoms with van der Waals surface area (Å²) in [7, 11) is 0. The Morgan fingerprint density at radius 1 is 1.47 bits per heavy atom. The minimum absolute atomic E-state index is 0.543. The molecule has 1 aromatic carbocycles. The van der Waals surface area contributed by atoms with Crippen LogP contribution < -0.4 is 0 Å². The summed E-state index contributed by atoms with van der Waals surface area (Å²) in [6, 6.07) is 7.35. The predicted molar refractivity (Wildman–Crippen MR) is 58.5 cm³/mol. The minimum Gasteiger partial charge on any atom is -0.376 e. The first-order valence-electron chi connectivity index (χ1n) is 5.06. The maximum absolute atomic E-state index is 8.67. The van der Waals surface area contributed by atoms with Gasteiger partial charge in [0.05, 0.1) is 18.2 Å². The number of halogens is 1. The lowest BCUT2D eigenvalue weighted by Crippen LogP contribution is -1.97. The molecule has 78 valence electrons. The third-order valence-corrected chi connectivity index (χ3v) is 2.84. The lowest BCUT2D eigenvalue weighted by Gasteiger charge is -2.05. The molecule has 1 aliphatic rings. The van der Waals surface area contributed by atoms with Crippen molar-refractivity contribution >= 4 is 11.6 Å². The normalized spacial score (nSPS) is 14.9. The van der Waals surface area contributed by atoms with Crippen LogP contribution in [0.3, 0.4) is 0 Å². The SMILES string of the molecule is N#Cc1ccc(COCC2CC2)c(Cl)c1. The summed E-state index contributed by atoms with van der Waals surface area (Å²) in [6.45, 7) is 1.37. The summed E-state index contributed by atoms with van der Waals surface area (Å²) in [6.07, 6.45) is 2.59. The summed E-state index contributed by atoms with van der Waals surface area (Å²) in [4.78, 5) is 0. The van der Waals surface area contributed by atoms with Gasteiger partial charge in [0.15, 0.2) is 0 Å². The van der Waals surface area contributed by atoms with Gasteiger partial charge < -0.3 is 4.74 Å². The summed E-state index contributed by atoms with van der Waals surface area (Å²) in [5, 5.41) is 9.29. The maximum Gasteiger partial charge on any atom is 0.0992 e. The summed E-state index contributed by atoms with van der Waals surface area (Å²) in [5.74, 6) is 0.766. The van der Waals surface area contributed by atoms with Gasteiger partial charge in [0.25, 0.3) is 0 Å². The second-order valence-corrected chi connectivity index (χ2v) is 4.28. The molecule has 15 heavy (non-hydrogen) atoms. The number of hydrogen-bond donors (Lipinski definition) is 0. The Morgan fingerprint density at radius 2 is 2.27 bits per heavy atom. The standard InChI is InChI=1S/C12H12ClNO/c13-12-5-10(6-14)3-4-11(12)8-15-7-9-1-2-9/h3-5,9H,1-2,7-8H2. The van der Waals surface area contributed by atoms with Crippen LogP contribution in [0.5, 0.6) is 0 Å². The third-order valence-electron chi connectivity index (χ3n) is 2.49. The number of benzene rings is 1. The van der Waals surface area contributed by atoms with Gasteiger partial charge in [-0.25, -0.2) is 0 Å². The van der Waals surface area contributed by atoms with E-state index in [0.717, 1.165) is 18.1 Å². The molecule has 1 aliphatic carbocycles. The fourth-order valence-corrected chi connectivity index (χ4v) is 1.59. The molecule has 0 unspecified atom stereocenters. The molecule has 1 aromatic rings. The van der Waals surface area contributed by atoms with Crippen molar-refractivity contribution in [2.75, 3.05) is 6.61 Å². The van der Waals surface area contributed by atoms with Crippen LogP contribution in [0.4, 0.5) is 0 Å². The van der Waals surface area contributed by atoms with E-state index < -0.39 is 0 Å². The van der Waals surface area contributed by atoms with Crippen molar-refractivity contribution in [1.82, 2.24) is 0 Å². The molecule has 0 heterocycles. The van der Waals surface area contributed by atoms with Crippen LogP contribution >= 0.6 is 11.6 Å². The second kappa shape index (κ2) is 4.65. The van der Waals surface area contributed by atoms with E-state index in [2.05, 4.69) is 6.07 Å². The highest BCUT2D eigenvalue weighted by molar-refractivity contribution is 6.31. The molecule has 1 fully saturated rings. The molecule has 0 aliphatic heterocycles. The van der Waals surface area contributed by atoms with Crippen molar-refractivity contribution in [3.63, 3.8) is 0 Å². The predicted octanol–water partition coefficient (Wildman–Crippen LogP) is 3.14. The van der Waals surface area contributed by atoms with E-state index >= 15 is 0 Å². The van der Waals surface area contributed by atoms with Crippen molar-refractivity contribution in [3.8, 4) is 6.07 Å². The molecule has 2 rings (SSSR count). The van der Waals surface area contributed by atoms with Crippen molar-refractivity contribution in [2.24, 2.45) is 5.92 Å². The van der Waals surface area contributed by atoms with Gasteiger partial charge in [0.1, 0.15) is 0 Å². The van der Waals surface area contributed by atoms with E-state index in [9.17, 15) is 0 Å². The van der Waals surface area contributed by atoms with Gasteiger partial charge >= 0.3 is 0 Å². The van der Waals surface area contributed by atoms with Crippen LogP contribution in [-0.4, -0.2) is 6.61 Å². The van der Waals surface area contributed by atoms with Gasteiger partial charge in [-0.05, 0) is 36.5 Å². The first-order chi connectivity index (χ1) is 7.29. The number of ether oxygens (including phenoxy) is 1. The molecule has 1 saturated carbocycles. The quantitative estimate of drug-likeness (QED) is 0.783. The molecule has 2 nitrogen and oxygen atoms in total. The van der Waals surface area contributed by atoms with E-state index in [1.165, 1.54) is 12.8 Å². The molecule has 0 bridgehead atoms. The highest BCUT2D eigenvalue weighted by Crippen LogP contribution is 2.29. The molecule has 0 amide bonds. The molecular weight excluding hydrogens is 210 g/mol. The van der Waals surface area contributed by atoms with Crippen molar-refractivity contribution in [3.05, 3.63) is 34.3 Å². The minimum atomic E-state index is 0.543. The number of nitriles is 1. The van der Waals surface area contributed by atoms with Crippen LogP contribution in [-0.2, 0) is 11.3 Å². The van der Waals surface area contributed by atoms with Crippen LogP contribution in [0.1, 0.15) is 24.0 Å². The average Bonchev–Trinajstić information content (AvgIpc) is 3.04. The van der Waals surface area contributed by atoms with Crippen LogP contribution in [0.2, 0.25) is 5.02 Å². The van der Waals surface area contributed by atoms with Crippen LogP contribution in [0, 0.1) is 17.2 Å². The van der Waals surface area contributed by atoms with E-state index in [-0.39, 0.29) is 0 Å². The summed E-state index contributed by atoms with van der Waals surface area (Å²) >= 11 is 6.01. The first kappa shape index (κ1) is 10.5. The number of rotatable bonds is 4. The van der Waals surface area contributed by atoms with E-state index in [4.69, 9.17) is 21.6 Å². The topological polar surface area (TPSA) is 33.0 Å². The van der Waals surface area contributed by atoms with E-state index in [0.29, 0.717) is 17.2 Å². The number of nitrogens with zero attached hydrogens (tertiary/aromatic N) is 1. The van der Waals surface area contributed by atoms with Gasteiger partial charge in [-0.1, -0.05) is 17.7 Å². The largest absolute Gasteiger partial charge is 0.376 e. The van der Waals surface area contributed by atoms with Gasteiger partial charge in [-0.2, -0.15) is 5.26 Å². The third kappa shape index (κ3) is 2.95. The molecule has 0 saturated heterocycles. The Labute approximate surface area is 94.4 Å². The Morgan fingerprint density at radius 3 is 2.87 bits per heavy atom. The Bertz CT molecular complexity index is 393. The van der Waals surface area contributed by atoms with Crippen molar-refractivity contribution < 1.29 is 4.74 Å². The Kier molecular flexibility index (Phi) is 3.25. The first-order valence-corrected chi connectivity index (χ1v) is 5.43. The van der Waals surface area contributed by atoms with E-state index in [1.54, 1.807) is 12.1 Å². The Hall–Kier alpha value is -1.04. The second-order valence-electron chi connectivity index (χ2n) is 3.88. The zero-order valence-electron chi connectivity index (χ0n) is 8.37. The highest BCUT2D eigenvalue weighted by atomic mass is 35.5. The molecule has 0 aromatic heterocycles. The molecule has 0 atom stereocenters. The van der Waals surface area contributed by atoms with Gasteiger partial charge in [-0.15, -0.1) is 0 Å². The Balaban J connectivity index is 1.92. The van der Waals surface area contributed by atoms with Gasteiger partial charge in [0, 0.05) is 11.6 Å². The zero-order valence-corrected chi connectivity index (χ0v) is 9.13. The van der Waals surface area contributed by atoms with Crippen molar-refractivity contribution in [2.45, 2.75) is 19.4 Å². The summed E-state index contributed by atoms with van der Waals surface area (Å²) in [5.41, 5.74) is 1.54. The fourth-order valence-electron chi connectivity index (χ4n) is 1.35. The monoisotopic (exact) mass is 221 g/mol. The molecule has 0 spiro atoms. The number of hydrogen-bond acceptors (Lipinski definition) is 2. The average molecular weight is 222 g/mol. The zero-order chi connectivity index (χ0) is 10.7. The van der Waals surface area contributed by atoms with Crippen molar-refractivity contribution in [1.29, 1.82) is 5.26 Å². The molecule has 0 N–H and O–H groups in total. The molecule has 3 heteroatoms.